The number of hydrogen-bond acceptors (Lipinski definition) is 1. The van der Waals surface area contributed by atoms with Crippen LogP contribution in [0.3, 0.4) is 0 Å². The summed E-state index contributed by atoms with van der Waals surface area (Å²) in [5, 5.41) is 1.30. The largest absolute Gasteiger partial charge is 0.361 e. The Balaban J connectivity index is 1.35. The summed E-state index contributed by atoms with van der Waals surface area (Å²) in [6, 6.07) is 9.53. The fraction of sp³-hybridized carbons (Fsp3) is 0.550. The number of fused-ring (bicyclic) bond motifs is 1. The number of amides is 1. The normalized spacial score (nSPS) is 18.6. The van der Waals surface area contributed by atoms with Crippen LogP contribution in [0.4, 0.5) is 0 Å². The number of aromatic nitrogens is 1. The molecule has 0 spiro atoms. The quantitative estimate of drug-likeness (QED) is 0.842. The second kappa shape index (κ2) is 6.38. The van der Waals surface area contributed by atoms with Gasteiger partial charge in [-0.25, -0.2) is 0 Å². The van der Waals surface area contributed by atoms with Gasteiger partial charge < -0.3 is 9.88 Å². The number of aryl methyl sites for hydroxylation is 1. The summed E-state index contributed by atoms with van der Waals surface area (Å²) in [6.45, 7) is 0. The van der Waals surface area contributed by atoms with E-state index in [4.69, 9.17) is 0 Å². The lowest BCUT2D eigenvalue weighted by Crippen LogP contribution is -2.40. The first-order valence-electron chi connectivity index (χ1n) is 9.19. The van der Waals surface area contributed by atoms with E-state index in [0.29, 0.717) is 24.4 Å². The van der Waals surface area contributed by atoms with Crippen LogP contribution in [0.25, 0.3) is 10.9 Å². The van der Waals surface area contributed by atoms with Crippen molar-refractivity contribution in [1.82, 2.24) is 9.88 Å². The number of nitrogens with one attached hydrogen (secondary N) is 1. The van der Waals surface area contributed by atoms with Gasteiger partial charge in [-0.3, -0.25) is 4.79 Å². The monoisotopic (exact) mass is 310 g/mol. The highest BCUT2D eigenvalue weighted by Gasteiger charge is 2.37. The number of para-hydroxylation sites is 1. The van der Waals surface area contributed by atoms with E-state index in [2.05, 4.69) is 40.3 Å². The third kappa shape index (κ3) is 3.15. The lowest BCUT2D eigenvalue weighted by molar-refractivity contribution is -0.134. The number of aromatic amines is 1. The van der Waals surface area contributed by atoms with Crippen LogP contribution in [-0.2, 0) is 11.2 Å². The second-order valence-corrected chi connectivity index (χ2v) is 7.18. The van der Waals surface area contributed by atoms with Gasteiger partial charge in [-0.15, -0.1) is 0 Å². The first kappa shape index (κ1) is 14.8. The summed E-state index contributed by atoms with van der Waals surface area (Å²) in [5.74, 6) is 0.402. The molecule has 1 N–H and O–H groups in total. The highest BCUT2D eigenvalue weighted by molar-refractivity contribution is 5.83. The molecule has 0 radical (unpaired) electrons. The van der Waals surface area contributed by atoms with Crippen molar-refractivity contribution in [2.24, 2.45) is 0 Å². The molecule has 0 unspecified atom stereocenters. The van der Waals surface area contributed by atoms with Crippen LogP contribution in [0.15, 0.2) is 30.5 Å². The number of hydrogen-bond donors (Lipinski definition) is 1. The molecular formula is C20H26N2O. The molecule has 23 heavy (non-hydrogen) atoms. The molecule has 2 aromatic rings. The third-order valence-corrected chi connectivity index (χ3v) is 5.46. The summed E-state index contributed by atoms with van der Waals surface area (Å²) in [7, 11) is 0. The lowest BCUT2D eigenvalue weighted by atomic mass is 10.1. The maximum absolute atomic E-state index is 12.7. The highest BCUT2D eigenvalue weighted by Crippen LogP contribution is 2.35. The smallest absolute Gasteiger partial charge is 0.223 e. The van der Waals surface area contributed by atoms with Crippen molar-refractivity contribution in [2.45, 2.75) is 69.9 Å². The zero-order chi connectivity index (χ0) is 15.6. The molecule has 1 heterocycles. The van der Waals surface area contributed by atoms with E-state index in [1.54, 1.807) is 0 Å². The van der Waals surface area contributed by atoms with E-state index in [1.165, 1.54) is 55.0 Å². The van der Waals surface area contributed by atoms with Gasteiger partial charge in [0.1, 0.15) is 0 Å². The molecule has 0 saturated heterocycles. The standard InChI is InChI=1S/C20H26N2O/c23-20(22(17-12-13-17)16-7-1-2-8-16)11-5-6-15-14-21-19-10-4-3-9-18(15)19/h3-4,9-10,14,16-17,21H,1-2,5-8,11-13H2. The Hall–Kier alpha value is -1.77. The van der Waals surface area contributed by atoms with Crippen LogP contribution < -0.4 is 0 Å². The van der Waals surface area contributed by atoms with Crippen molar-refractivity contribution in [2.75, 3.05) is 0 Å². The van der Waals surface area contributed by atoms with Crippen LogP contribution in [-0.4, -0.2) is 27.9 Å². The second-order valence-electron chi connectivity index (χ2n) is 7.18. The molecule has 1 amide bonds. The minimum absolute atomic E-state index is 0.402. The van der Waals surface area contributed by atoms with Gasteiger partial charge >= 0.3 is 0 Å². The number of carbonyl (C=O) groups excluding carboxylic acids is 1. The maximum Gasteiger partial charge on any atom is 0.223 e. The molecule has 3 nitrogen and oxygen atoms in total. The summed E-state index contributed by atoms with van der Waals surface area (Å²) in [5.41, 5.74) is 2.53. The van der Waals surface area contributed by atoms with Gasteiger partial charge in [0.2, 0.25) is 5.91 Å². The van der Waals surface area contributed by atoms with Crippen LogP contribution in [0, 0.1) is 0 Å². The molecule has 4 rings (SSSR count). The Kier molecular flexibility index (Phi) is 4.11. The number of carbonyl (C=O) groups is 1. The van der Waals surface area contributed by atoms with Crippen LogP contribution >= 0.6 is 0 Å². The molecule has 2 aliphatic carbocycles. The van der Waals surface area contributed by atoms with Crippen molar-refractivity contribution >= 4 is 16.8 Å². The zero-order valence-corrected chi connectivity index (χ0v) is 13.8. The van der Waals surface area contributed by atoms with Gasteiger partial charge in [0.25, 0.3) is 0 Å². The number of H-pyrrole nitrogens is 1. The molecule has 0 aliphatic heterocycles. The molecular weight excluding hydrogens is 284 g/mol. The maximum atomic E-state index is 12.7. The molecule has 2 aliphatic rings. The number of rotatable bonds is 6. The summed E-state index contributed by atoms with van der Waals surface area (Å²) in [6.07, 6.45) is 12.3. The summed E-state index contributed by atoms with van der Waals surface area (Å²) < 4.78 is 0. The third-order valence-electron chi connectivity index (χ3n) is 5.46. The van der Waals surface area contributed by atoms with E-state index < -0.39 is 0 Å². The Morgan fingerprint density at radius 3 is 2.61 bits per heavy atom. The van der Waals surface area contributed by atoms with Crippen LogP contribution in [0.2, 0.25) is 0 Å². The van der Waals surface area contributed by atoms with E-state index in [1.807, 2.05) is 0 Å². The fourth-order valence-electron chi connectivity index (χ4n) is 4.14. The van der Waals surface area contributed by atoms with E-state index in [-0.39, 0.29) is 0 Å². The number of benzene rings is 1. The lowest BCUT2D eigenvalue weighted by Gasteiger charge is -2.29. The Labute approximate surface area is 138 Å². The van der Waals surface area contributed by atoms with Crippen molar-refractivity contribution < 1.29 is 4.79 Å². The minimum atomic E-state index is 0.402. The Bertz CT molecular complexity index is 680. The zero-order valence-electron chi connectivity index (χ0n) is 13.8. The van der Waals surface area contributed by atoms with E-state index >= 15 is 0 Å². The van der Waals surface area contributed by atoms with Crippen LogP contribution in [0.1, 0.15) is 56.9 Å². The Morgan fingerprint density at radius 1 is 1.09 bits per heavy atom. The van der Waals surface area contributed by atoms with Gasteiger partial charge in [-0.2, -0.15) is 0 Å². The minimum Gasteiger partial charge on any atom is -0.361 e. The summed E-state index contributed by atoms with van der Waals surface area (Å²) in [4.78, 5) is 18.3. The van der Waals surface area contributed by atoms with E-state index in [9.17, 15) is 4.79 Å². The molecule has 2 fully saturated rings. The van der Waals surface area contributed by atoms with Crippen molar-refractivity contribution in [1.29, 1.82) is 0 Å². The highest BCUT2D eigenvalue weighted by atomic mass is 16.2. The molecule has 2 saturated carbocycles. The number of nitrogens with zero attached hydrogens (tertiary/aromatic N) is 1. The topological polar surface area (TPSA) is 36.1 Å². The van der Waals surface area contributed by atoms with Crippen molar-refractivity contribution in [3.63, 3.8) is 0 Å². The predicted molar refractivity (Wildman–Crippen MR) is 93.4 cm³/mol. The van der Waals surface area contributed by atoms with Gasteiger partial charge in [-0.05, 0) is 50.2 Å². The van der Waals surface area contributed by atoms with Gasteiger partial charge in [0.05, 0.1) is 0 Å². The molecule has 122 valence electrons. The van der Waals surface area contributed by atoms with Crippen LogP contribution in [0.5, 0.6) is 0 Å². The first-order chi connectivity index (χ1) is 11.3. The molecule has 1 aromatic carbocycles. The first-order valence-corrected chi connectivity index (χ1v) is 9.19. The molecule has 3 heteroatoms. The van der Waals surface area contributed by atoms with Crippen molar-refractivity contribution in [3.8, 4) is 0 Å². The Morgan fingerprint density at radius 2 is 1.83 bits per heavy atom. The van der Waals surface area contributed by atoms with Gasteiger partial charge in [0, 0.05) is 35.6 Å². The van der Waals surface area contributed by atoms with Gasteiger partial charge in [0.15, 0.2) is 0 Å². The van der Waals surface area contributed by atoms with Gasteiger partial charge in [-0.1, -0.05) is 31.0 Å². The average molecular weight is 310 g/mol. The van der Waals surface area contributed by atoms with Crippen molar-refractivity contribution in [3.05, 3.63) is 36.0 Å². The molecule has 0 atom stereocenters. The molecule has 0 bridgehead atoms. The SMILES string of the molecule is O=C(CCCc1c[nH]c2ccccc12)N(C1CCCC1)C1CC1. The predicted octanol–water partition coefficient (Wildman–Crippen LogP) is 4.42. The van der Waals surface area contributed by atoms with E-state index in [0.717, 1.165) is 12.8 Å². The fourth-order valence-corrected chi connectivity index (χ4v) is 4.14. The summed E-state index contributed by atoms with van der Waals surface area (Å²) >= 11 is 0. The average Bonchev–Trinajstić information content (AvgIpc) is 3.09. The molecule has 1 aromatic heterocycles.